The molecule has 2 N–H and O–H groups in total. The number of hydrogen-bond donors (Lipinski definition) is 2. The molecule has 0 radical (unpaired) electrons. The summed E-state index contributed by atoms with van der Waals surface area (Å²) >= 11 is 0. The van der Waals surface area contributed by atoms with Gasteiger partial charge in [-0.1, -0.05) is 30.4 Å². The number of nitrogens with one attached hydrogen (secondary N) is 2. The Morgan fingerprint density at radius 3 is 2.81 bits per heavy atom. The van der Waals surface area contributed by atoms with Gasteiger partial charge in [-0.2, -0.15) is 0 Å². The van der Waals surface area contributed by atoms with Crippen LogP contribution in [0.2, 0.25) is 0 Å². The van der Waals surface area contributed by atoms with Crippen LogP contribution in [0, 0.1) is 16.0 Å². The van der Waals surface area contributed by atoms with Gasteiger partial charge < -0.3 is 10.6 Å². The summed E-state index contributed by atoms with van der Waals surface area (Å²) in [5, 5.41) is 17.8. The van der Waals surface area contributed by atoms with Crippen molar-refractivity contribution in [2.75, 3.05) is 10.6 Å². The standard InChI is InChI=1S/C20H19N3O3/c1-12(24)21-13-9-10-18-17(11-13)14-6-4-7-15(14)20(22-18)16-5-2-3-8-19(16)23(25)26/h2-6,8-11,14-15,20,22H,7H2,1H3,(H,21,24)/t14-,15+,20+/m1/s1. The number of allylic oxidation sites excluding steroid dienone is 2. The Morgan fingerprint density at radius 1 is 1.23 bits per heavy atom. The fraction of sp³-hybridized carbons (Fsp3) is 0.250. The molecule has 0 bridgehead atoms. The number of fused-ring (bicyclic) bond motifs is 3. The normalized spacial score (nSPS) is 22.9. The second kappa shape index (κ2) is 6.29. The summed E-state index contributed by atoms with van der Waals surface area (Å²) in [5.74, 6) is 0.269. The Bertz CT molecular complexity index is 922. The van der Waals surface area contributed by atoms with Gasteiger partial charge in [0.1, 0.15) is 0 Å². The number of carbonyl (C=O) groups excluding carboxylic acids is 1. The number of rotatable bonds is 3. The predicted molar refractivity (Wildman–Crippen MR) is 100 cm³/mol. The minimum Gasteiger partial charge on any atom is -0.377 e. The monoisotopic (exact) mass is 349 g/mol. The molecule has 2 aromatic carbocycles. The number of benzene rings is 2. The van der Waals surface area contributed by atoms with E-state index >= 15 is 0 Å². The zero-order valence-corrected chi connectivity index (χ0v) is 14.3. The third kappa shape index (κ3) is 2.73. The number of para-hydroxylation sites is 1. The van der Waals surface area contributed by atoms with Gasteiger partial charge in [0.25, 0.3) is 5.69 Å². The maximum Gasteiger partial charge on any atom is 0.274 e. The summed E-state index contributed by atoms with van der Waals surface area (Å²) in [7, 11) is 0. The van der Waals surface area contributed by atoms with Crippen molar-refractivity contribution >= 4 is 23.0 Å². The fourth-order valence-electron chi connectivity index (χ4n) is 4.10. The number of amides is 1. The highest BCUT2D eigenvalue weighted by Gasteiger charge is 2.40. The van der Waals surface area contributed by atoms with Crippen LogP contribution >= 0.6 is 0 Å². The lowest BCUT2D eigenvalue weighted by molar-refractivity contribution is -0.385. The molecule has 6 heteroatoms. The third-order valence-corrected chi connectivity index (χ3v) is 5.15. The molecule has 0 saturated carbocycles. The average molecular weight is 349 g/mol. The minimum absolute atomic E-state index is 0.106. The Kier molecular flexibility index (Phi) is 3.95. The van der Waals surface area contributed by atoms with Gasteiger partial charge in [0, 0.05) is 30.3 Å². The molecule has 4 rings (SSSR count). The first-order chi connectivity index (χ1) is 12.5. The maximum absolute atomic E-state index is 11.5. The van der Waals surface area contributed by atoms with Gasteiger partial charge in [-0.3, -0.25) is 14.9 Å². The van der Waals surface area contributed by atoms with E-state index in [0.717, 1.165) is 23.4 Å². The molecule has 132 valence electrons. The summed E-state index contributed by atoms with van der Waals surface area (Å²) in [6, 6.07) is 12.6. The number of anilines is 2. The lowest BCUT2D eigenvalue weighted by Crippen LogP contribution is -2.29. The molecule has 0 aromatic heterocycles. The Balaban J connectivity index is 1.76. The molecule has 2 aromatic rings. The van der Waals surface area contributed by atoms with Crippen molar-refractivity contribution in [3.05, 3.63) is 75.9 Å². The van der Waals surface area contributed by atoms with E-state index in [1.807, 2.05) is 30.3 Å². The lowest BCUT2D eigenvalue weighted by Gasteiger charge is -2.37. The van der Waals surface area contributed by atoms with Gasteiger partial charge in [-0.25, -0.2) is 0 Å². The van der Waals surface area contributed by atoms with E-state index in [-0.39, 0.29) is 34.4 Å². The summed E-state index contributed by atoms with van der Waals surface area (Å²) in [6.45, 7) is 1.49. The third-order valence-electron chi connectivity index (χ3n) is 5.15. The molecule has 0 saturated heterocycles. The molecule has 1 heterocycles. The summed E-state index contributed by atoms with van der Waals surface area (Å²) < 4.78 is 0. The maximum atomic E-state index is 11.5. The van der Waals surface area contributed by atoms with E-state index in [0.29, 0.717) is 5.56 Å². The topological polar surface area (TPSA) is 84.3 Å². The van der Waals surface area contributed by atoms with Crippen LogP contribution in [0.1, 0.15) is 36.4 Å². The Labute approximate surface area is 151 Å². The molecule has 1 aliphatic carbocycles. The van der Waals surface area contributed by atoms with Gasteiger partial charge in [0.05, 0.1) is 16.5 Å². The van der Waals surface area contributed by atoms with E-state index in [2.05, 4.69) is 22.8 Å². The van der Waals surface area contributed by atoms with Crippen LogP contribution in [0.5, 0.6) is 0 Å². The van der Waals surface area contributed by atoms with Gasteiger partial charge in [-0.15, -0.1) is 0 Å². The second-order valence-electron chi connectivity index (χ2n) is 6.77. The zero-order valence-electron chi connectivity index (χ0n) is 14.3. The van der Waals surface area contributed by atoms with Gasteiger partial charge in [0.2, 0.25) is 5.91 Å². The van der Waals surface area contributed by atoms with Crippen molar-refractivity contribution in [3.63, 3.8) is 0 Å². The smallest absolute Gasteiger partial charge is 0.274 e. The molecule has 3 atom stereocenters. The van der Waals surface area contributed by atoms with Gasteiger partial charge in [0.15, 0.2) is 0 Å². The average Bonchev–Trinajstić information content (AvgIpc) is 3.10. The molecule has 1 aliphatic heterocycles. The molecule has 0 fully saturated rings. The number of carbonyl (C=O) groups is 1. The highest BCUT2D eigenvalue weighted by atomic mass is 16.6. The van der Waals surface area contributed by atoms with Crippen LogP contribution in [-0.4, -0.2) is 10.8 Å². The molecule has 0 unspecified atom stereocenters. The summed E-state index contributed by atoms with van der Waals surface area (Å²) in [6.07, 6.45) is 5.17. The van der Waals surface area contributed by atoms with Gasteiger partial charge in [-0.05, 0) is 36.1 Å². The number of nitrogens with zero attached hydrogens (tertiary/aromatic N) is 1. The SMILES string of the molecule is CC(=O)Nc1ccc2c(c1)[C@@H]1C=CC[C@@H]1[C@@H](c1ccccc1[N+](=O)[O-])N2. The first-order valence-corrected chi connectivity index (χ1v) is 8.62. The first kappa shape index (κ1) is 16.3. The summed E-state index contributed by atoms with van der Waals surface area (Å²) in [5.41, 5.74) is 3.70. The van der Waals surface area contributed by atoms with Crippen LogP contribution in [-0.2, 0) is 4.79 Å². The Morgan fingerprint density at radius 2 is 2.04 bits per heavy atom. The van der Waals surface area contributed by atoms with Crippen LogP contribution < -0.4 is 10.6 Å². The van der Waals surface area contributed by atoms with Crippen LogP contribution in [0.3, 0.4) is 0 Å². The van der Waals surface area contributed by atoms with E-state index in [1.54, 1.807) is 12.1 Å². The fourth-order valence-corrected chi connectivity index (χ4v) is 4.10. The molecule has 1 amide bonds. The molecule has 0 spiro atoms. The Hall–Kier alpha value is -3.15. The van der Waals surface area contributed by atoms with Crippen molar-refractivity contribution in [2.24, 2.45) is 5.92 Å². The quantitative estimate of drug-likeness (QED) is 0.489. The predicted octanol–water partition coefficient (Wildman–Crippen LogP) is 4.38. The van der Waals surface area contributed by atoms with E-state index in [1.165, 1.54) is 6.92 Å². The second-order valence-corrected chi connectivity index (χ2v) is 6.77. The summed E-state index contributed by atoms with van der Waals surface area (Å²) in [4.78, 5) is 22.5. The highest BCUT2D eigenvalue weighted by molar-refractivity contribution is 5.89. The largest absolute Gasteiger partial charge is 0.377 e. The van der Waals surface area contributed by atoms with Crippen molar-refractivity contribution in [3.8, 4) is 0 Å². The van der Waals surface area contributed by atoms with Crippen LogP contribution in [0.25, 0.3) is 0 Å². The van der Waals surface area contributed by atoms with Crippen molar-refractivity contribution in [2.45, 2.75) is 25.3 Å². The van der Waals surface area contributed by atoms with E-state index in [4.69, 9.17) is 0 Å². The van der Waals surface area contributed by atoms with E-state index < -0.39 is 0 Å². The highest BCUT2D eigenvalue weighted by Crippen LogP contribution is 2.51. The van der Waals surface area contributed by atoms with Crippen LogP contribution in [0.15, 0.2) is 54.6 Å². The number of nitro groups is 1. The number of nitro benzene ring substituents is 1. The molecule has 2 aliphatic rings. The molecule has 26 heavy (non-hydrogen) atoms. The number of hydrogen-bond acceptors (Lipinski definition) is 4. The molecule has 6 nitrogen and oxygen atoms in total. The molecular weight excluding hydrogens is 330 g/mol. The lowest BCUT2D eigenvalue weighted by atomic mass is 9.76. The van der Waals surface area contributed by atoms with Crippen molar-refractivity contribution < 1.29 is 9.72 Å². The van der Waals surface area contributed by atoms with Crippen molar-refractivity contribution in [1.29, 1.82) is 0 Å². The van der Waals surface area contributed by atoms with E-state index in [9.17, 15) is 14.9 Å². The minimum atomic E-state index is -0.316. The zero-order chi connectivity index (χ0) is 18.3. The van der Waals surface area contributed by atoms with Crippen molar-refractivity contribution in [1.82, 2.24) is 0 Å². The molecular formula is C20H19N3O3. The van der Waals surface area contributed by atoms with Crippen LogP contribution in [0.4, 0.5) is 17.1 Å². The van der Waals surface area contributed by atoms with Gasteiger partial charge >= 0.3 is 0 Å². The first-order valence-electron chi connectivity index (χ1n) is 8.62.